The number of nitrogens with zero attached hydrogens (tertiary/aromatic N) is 3. The average Bonchev–Trinajstić information content (AvgIpc) is 2.88. The molecular weight excluding hydrogens is 270 g/mol. The van der Waals surface area contributed by atoms with Crippen LogP contribution in [0.5, 0.6) is 5.75 Å². The Hall–Kier alpha value is -1.49. The summed E-state index contributed by atoms with van der Waals surface area (Å²) in [7, 11) is 0. The molecule has 0 aliphatic heterocycles. The lowest BCUT2D eigenvalue weighted by molar-refractivity contribution is 0.269. The van der Waals surface area contributed by atoms with E-state index in [9.17, 15) is 0 Å². The molecule has 0 aliphatic carbocycles. The van der Waals surface area contributed by atoms with Crippen molar-refractivity contribution in [1.82, 2.24) is 14.8 Å². The Labute approximate surface area is 124 Å². The summed E-state index contributed by atoms with van der Waals surface area (Å²) >= 11 is 1.34. The number of hydrogen-bond donors (Lipinski definition) is 0. The molecule has 0 bridgehead atoms. The first-order valence-electron chi connectivity index (χ1n) is 6.89. The fourth-order valence-corrected chi connectivity index (χ4v) is 2.36. The molecule has 0 saturated carbocycles. The van der Waals surface area contributed by atoms with Crippen LogP contribution in [0.15, 0.2) is 24.3 Å². The summed E-state index contributed by atoms with van der Waals surface area (Å²) in [5, 5.41) is 8.48. The smallest absolute Gasteiger partial charge is 0.142 e. The second-order valence-corrected chi connectivity index (χ2v) is 6.91. The maximum absolute atomic E-state index is 5.75. The van der Waals surface area contributed by atoms with E-state index in [0.29, 0.717) is 5.41 Å². The number of rotatable bonds is 6. The third-order valence-electron chi connectivity index (χ3n) is 2.96. The van der Waals surface area contributed by atoms with Crippen molar-refractivity contribution in [3.05, 3.63) is 34.8 Å². The van der Waals surface area contributed by atoms with Gasteiger partial charge in [-0.25, -0.2) is 0 Å². The van der Waals surface area contributed by atoms with Crippen molar-refractivity contribution in [2.24, 2.45) is 5.41 Å². The van der Waals surface area contributed by atoms with E-state index in [2.05, 4.69) is 47.7 Å². The van der Waals surface area contributed by atoms with E-state index < -0.39 is 0 Å². The van der Waals surface area contributed by atoms with Crippen molar-refractivity contribution in [3.8, 4) is 5.75 Å². The van der Waals surface area contributed by atoms with Crippen LogP contribution in [0.1, 0.15) is 44.2 Å². The Morgan fingerprint density at radius 3 is 2.50 bits per heavy atom. The summed E-state index contributed by atoms with van der Waals surface area (Å²) in [6, 6.07) is 8.17. The van der Waals surface area contributed by atoms with Crippen molar-refractivity contribution in [2.45, 2.75) is 40.0 Å². The van der Waals surface area contributed by atoms with E-state index >= 15 is 0 Å². The number of ether oxygens (including phenoxy) is 1. The van der Waals surface area contributed by atoms with Crippen LogP contribution in [0.3, 0.4) is 0 Å². The fourth-order valence-electron chi connectivity index (χ4n) is 1.89. The van der Waals surface area contributed by atoms with Gasteiger partial charge < -0.3 is 4.74 Å². The summed E-state index contributed by atoms with van der Waals surface area (Å²) in [5.74, 6) is 0.929. The summed E-state index contributed by atoms with van der Waals surface area (Å²) < 4.78 is 9.52. The van der Waals surface area contributed by atoms with Crippen LogP contribution in [-0.2, 0) is 6.42 Å². The Morgan fingerprint density at radius 1 is 1.15 bits per heavy atom. The Morgan fingerprint density at radius 2 is 1.90 bits per heavy atom. The molecule has 0 unspecified atom stereocenters. The molecule has 2 aromatic rings. The van der Waals surface area contributed by atoms with E-state index in [1.165, 1.54) is 23.5 Å². The van der Waals surface area contributed by atoms with Gasteiger partial charge in [0.25, 0.3) is 0 Å². The van der Waals surface area contributed by atoms with Crippen LogP contribution in [0.4, 0.5) is 0 Å². The lowest BCUT2D eigenvalue weighted by Gasteiger charge is -2.17. The minimum Gasteiger partial charge on any atom is -0.494 e. The zero-order valence-electron chi connectivity index (χ0n) is 12.3. The van der Waals surface area contributed by atoms with Crippen LogP contribution in [-0.4, -0.2) is 21.4 Å². The molecular formula is C15H21N3OS. The van der Waals surface area contributed by atoms with Gasteiger partial charge in [-0.1, -0.05) is 37.4 Å². The van der Waals surface area contributed by atoms with Crippen molar-refractivity contribution in [3.63, 3.8) is 0 Å². The predicted molar refractivity (Wildman–Crippen MR) is 81.1 cm³/mol. The van der Waals surface area contributed by atoms with Gasteiger partial charge in [-0.3, -0.25) is 0 Å². The summed E-state index contributed by atoms with van der Waals surface area (Å²) in [4.78, 5) is 0. The molecule has 2 rings (SSSR count). The number of aromatic nitrogens is 3. The molecule has 0 saturated heterocycles. The van der Waals surface area contributed by atoms with Gasteiger partial charge in [0.1, 0.15) is 10.8 Å². The summed E-state index contributed by atoms with van der Waals surface area (Å²) in [5.41, 5.74) is 1.58. The van der Waals surface area contributed by atoms with Gasteiger partial charge in [0.15, 0.2) is 0 Å². The molecule has 5 heteroatoms. The van der Waals surface area contributed by atoms with Gasteiger partial charge in [0.2, 0.25) is 0 Å². The lowest BCUT2D eigenvalue weighted by atomic mass is 9.91. The van der Waals surface area contributed by atoms with Crippen molar-refractivity contribution in [2.75, 3.05) is 6.61 Å². The second-order valence-electron chi connectivity index (χ2n) is 6.09. The maximum atomic E-state index is 5.75. The molecule has 108 valence electrons. The van der Waals surface area contributed by atoms with E-state index in [4.69, 9.17) is 4.74 Å². The van der Waals surface area contributed by atoms with E-state index in [0.717, 1.165) is 30.2 Å². The minimum absolute atomic E-state index is 0.378. The normalized spacial score (nSPS) is 11.6. The standard InChI is InChI=1S/C15H21N3OS/c1-15(2,3)9-4-10-19-13-7-5-12(6-8-13)11-14-16-17-18-20-14/h5-8H,4,9-11H2,1-3H3. The fraction of sp³-hybridized carbons (Fsp3) is 0.533. The predicted octanol–water partition coefficient (Wildman–Crippen LogP) is 3.73. The van der Waals surface area contributed by atoms with Crippen LogP contribution in [0, 0.1) is 5.41 Å². The van der Waals surface area contributed by atoms with Crippen molar-refractivity contribution >= 4 is 11.5 Å². The number of benzene rings is 1. The van der Waals surface area contributed by atoms with Gasteiger partial charge in [0.05, 0.1) is 6.61 Å². The van der Waals surface area contributed by atoms with E-state index in [1.54, 1.807) is 0 Å². The van der Waals surface area contributed by atoms with E-state index in [-0.39, 0.29) is 0 Å². The Bertz CT molecular complexity index is 503. The molecule has 0 atom stereocenters. The largest absolute Gasteiger partial charge is 0.494 e. The first-order valence-corrected chi connectivity index (χ1v) is 7.66. The van der Waals surface area contributed by atoms with Crippen LogP contribution < -0.4 is 4.74 Å². The molecule has 0 spiro atoms. The highest BCUT2D eigenvalue weighted by Gasteiger charge is 2.09. The van der Waals surface area contributed by atoms with Crippen LogP contribution >= 0.6 is 11.5 Å². The number of hydrogen-bond acceptors (Lipinski definition) is 5. The van der Waals surface area contributed by atoms with Crippen LogP contribution in [0.25, 0.3) is 0 Å². The van der Waals surface area contributed by atoms with Crippen LogP contribution in [0.2, 0.25) is 0 Å². The molecule has 4 nitrogen and oxygen atoms in total. The molecule has 0 amide bonds. The van der Waals surface area contributed by atoms with Gasteiger partial charge >= 0.3 is 0 Å². The van der Waals surface area contributed by atoms with Gasteiger partial charge in [-0.15, -0.1) is 5.10 Å². The van der Waals surface area contributed by atoms with Gasteiger partial charge in [0, 0.05) is 18.0 Å². The average molecular weight is 291 g/mol. The highest BCUT2D eigenvalue weighted by Crippen LogP contribution is 2.21. The third kappa shape index (κ3) is 5.25. The minimum atomic E-state index is 0.378. The monoisotopic (exact) mass is 291 g/mol. The lowest BCUT2D eigenvalue weighted by Crippen LogP contribution is -2.07. The molecule has 1 heterocycles. The first-order chi connectivity index (χ1) is 9.53. The van der Waals surface area contributed by atoms with E-state index in [1.807, 2.05) is 12.1 Å². The van der Waals surface area contributed by atoms with Crippen molar-refractivity contribution in [1.29, 1.82) is 0 Å². The Kier molecular flexibility index (Phi) is 5.06. The molecule has 1 aromatic heterocycles. The molecule has 0 N–H and O–H groups in total. The van der Waals surface area contributed by atoms with Gasteiger partial charge in [-0.2, -0.15) is 0 Å². The SMILES string of the molecule is CC(C)(C)CCCOc1ccc(Cc2nnns2)cc1. The molecule has 1 aromatic carbocycles. The summed E-state index contributed by atoms with van der Waals surface area (Å²) in [6.07, 6.45) is 3.04. The zero-order chi connectivity index (χ0) is 14.4. The third-order valence-corrected chi connectivity index (χ3v) is 3.55. The second kappa shape index (κ2) is 6.79. The Balaban J connectivity index is 1.77. The topological polar surface area (TPSA) is 47.9 Å². The van der Waals surface area contributed by atoms with Gasteiger partial charge in [-0.05, 0) is 41.2 Å². The molecule has 0 fully saturated rings. The molecule has 0 radical (unpaired) electrons. The van der Waals surface area contributed by atoms with Crippen molar-refractivity contribution < 1.29 is 4.74 Å². The molecule has 0 aliphatic rings. The summed E-state index contributed by atoms with van der Waals surface area (Å²) in [6.45, 7) is 7.54. The first kappa shape index (κ1) is 14.9. The maximum Gasteiger partial charge on any atom is 0.142 e. The quantitative estimate of drug-likeness (QED) is 0.761. The highest BCUT2D eigenvalue weighted by atomic mass is 32.1. The zero-order valence-corrected chi connectivity index (χ0v) is 13.1. The molecule has 20 heavy (non-hydrogen) atoms. The highest BCUT2D eigenvalue weighted by molar-refractivity contribution is 7.05.